The average molecular weight is 200 g/mol. The summed E-state index contributed by atoms with van der Waals surface area (Å²) in [7, 11) is 0. The standard InChI is InChI=1S/C10H16O4/c11-9-5-4-8(14-9)7-13-10-3-1-2-6-12-10/h8,10H,1-7H2/t8-,10+/m0/s1. The molecule has 2 rings (SSSR count). The minimum absolute atomic E-state index is 0.0481. The van der Waals surface area contributed by atoms with E-state index in [4.69, 9.17) is 14.2 Å². The molecule has 2 aliphatic heterocycles. The van der Waals surface area contributed by atoms with Gasteiger partial charge in [0.2, 0.25) is 0 Å². The summed E-state index contributed by atoms with van der Waals surface area (Å²) in [5, 5.41) is 0. The molecule has 0 aliphatic carbocycles. The Morgan fingerprint density at radius 2 is 2.29 bits per heavy atom. The third kappa shape index (κ3) is 2.69. The van der Waals surface area contributed by atoms with Gasteiger partial charge in [-0.1, -0.05) is 0 Å². The molecule has 0 aromatic carbocycles. The van der Waals surface area contributed by atoms with Crippen LogP contribution in [0.3, 0.4) is 0 Å². The summed E-state index contributed by atoms with van der Waals surface area (Å²) >= 11 is 0. The van der Waals surface area contributed by atoms with Gasteiger partial charge in [-0.15, -0.1) is 0 Å². The molecule has 0 radical (unpaired) electrons. The molecule has 4 heteroatoms. The van der Waals surface area contributed by atoms with Crippen LogP contribution in [0, 0.1) is 0 Å². The fraction of sp³-hybridized carbons (Fsp3) is 0.900. The Hall–Kier alpha value is -0.610. The van der Waals surface area contributed by atoms with Crippen LogP contribution in [-0.4, -0.2) is 31.6 Å². The van der Waals surface area contributed by atoms with E-state index in [1.807, 2.05) is 0 Å². The minimum atomic E-state index is -0.108. The van der Waals surface area contributed by atoms with E-state index in [1.165, 1.54) is 0 Å². The number of carbonyl (C=O) groups is 1. The van der Waals surface area contributed by atoms with E-state index in [-0.39, 0.29) is 18.4 Å². The molecule has 2 aliphatic rings. The highest BCUT2D eigenvalue weighted by Gasteiger charge is 2.25. The predicted molar refractivity (Wildman–Crippen MR) is 48.7 cm³/mol. The van der Waals surface area contributed by atoms with Gasteiger partial charge in [0, 0.05) is 13.0 Å². The molecule has 2 fully saturated rings. The molecular formula is C10H16O4. The van der Waals surface area contributed by atoms with Gasteiger partial charge in [-0.05, 0) is 25.7 Å². The van der Waals surface area contributed by atoms with Gasteiger partial charge in [-0.25, -0.2) is 0 Å². The highest BCUT2D eigenvalue weighted by molar-refractivity contribution is 5.71. The summed E-state index contributed by atoms with van der Waals surface area (Å²) in [6, 6.07) is 0. The van der Waals surface area contributed by atoms with E-state index in [9.17, 15) is 4.79 Å². The summed E-state index contributed by atoms with van der Waals surface area (Å²) in [6.07, 6.45) is 4.43. The number of rotatable bonds is 3. The van der Waals surface area contributed by atoms with Crippen LogP contribution in [0.15, 0.2) is 0 Å². The van der Waals surface area contributed by atoms with Crippen molar-refractivity contribution in [2.75, 3.05) is 13.2 Å². The molecule has 2 heterocycles. The van der Waals surface area contributed by atoms with Gasteiger partial charge >= 0.3 is 5.97 Å². The Balaban J connectivity index is 1.63. The number of esters is 1. The second-order valence-electron chi connectivity index (χ2n) is 3.78. The number of cyclic esters (lactones) is 1. The molecule has 0 bridgehead atoms. The summed E-state index contributed by atoms with van der Waals surface area (Å²) in [4.78, 5) is 10.8. The SMILES string of the molecule is O=C1CC[C@@H](CO[C@@H]2CCCCO2)O1. The van der Waals surface area contributed by atoms with E-state index in [0.29, 0.717) is 13.0 Å². The second-order valence-corrected chi connectivity index (χ2v) is 3.78. The van der Waals surface area contributed by atoms with Crippen LogP contribution in [0.2, 0.25) is 0 Å². The Morgan fingerprint density at radius 3 is 2.93 bits per heavy atom. The molecule has 0 saturated carbocycles. The van der Waals surface area contributed by atoms with Gasteiger partial charge in [0.15, 0.2) is 6.29 Å². The lowest BCUT2D eigenvalue weighted by molar-refractivity contribution is -0.179. The first-order chi connectivity index (χ1) is 6.84. The van der Waals surface area contributed by atoms with Crippen LogP contribution in [-0.2, 0) is 19.0 Å². The van der Waals surface area contributed by atoms with Crippen molar-refractivity contribution >= 4 is 5.97 Å². The molecule has 14 heavy (non-hydrogen) atoms. The van der Waals surface area contributed by atoms with E-state index in [0.717, 1.165) is 32.3 Å². The fourth-order valence-electron chi connectivity index (χ4n) is 1.76. The zero-order chi connectivity index (χ0) is 9.80. The van der Waals surface area contributed by atoms with E-state index in [1.54, 1.807) is 0 Å². The number of carbonyl (C=O) groups excluding carboxylic acids is 1. The van der Waals surface area contributed by atoms with Gasteiger partial charge in [-0.3, -0.25) is 4.79 Å². The Labute approximate surface area is 83.5 Å². The molecule has 2 atom stereocenters. The summed E-state index contributed by atoms with van der Waals surface area (Å²) in [5.41, 5.74) is 0. The lowest BCUT2D eigenvalue weighted by Gasteiger charge is -2.23. The third-order valence-electron chi connectivity index (χ3n) is 2.57. The maximum absolute atomic E-state index is 10.8. The van der Waals surface area contributed by atoms with Crippen LogP contribution in [0.4, 0.5) is 0 Å². The number of hydrogen-bond donors (Lipinski definition) is 0. The van der Waals surface area contributed by atoms with Gasteiger partial charge in [0.05, 0.1) is 6.61 Å². The summed E-state index contributed by atoms with van der Waals surface area (Å²) in [6.45, 7) is 1.27. The fourth-order valence-corrected chi connectivity index (χ4v) is 1.76. The topological polar surface area (TPSA) is 44.8 Å². The van der Waals surface area contributed by atoms with Crippen molar-refractivity contribution < 1.29 is 19.0 Å². The van der Waals surface area contributed by atoms with Gasteiger partial charge in [0.25, 0.3) is 0 Å². The second kappa shape index (κ2) is 4.75. The molecule has 0 amide bonds. The molecule has 80 valence electrons. The van der Waals surface area contributed by atoms with Gasteiger partial charge < -0.3 is 14.2 Å². The monoisotopic (exact) mass is 200 g/mol. The normalized spacial score (nSPS) is 33.0. The van der Waals surface area contributed by atoms with Gasteiger partial charge in [-0.2, -0.15) is 0 Å². The lowest BCUT2D eigenvalue weighted by atomic mass is 10.2. The Kier molecular flexibility index (Phi) is 3.37. The van der Waals surface area contributed by atoms with Crippen molar-refractivity contribution in [3.8, 4) is 0 Å². The molecule has 0 unspecified atom stereocenters. The van der Waals surface area contributed by atoms with Crippen molar-refractivity contribution in [3.63, 3.8) is 0 Å². The first-order valence-corrected chi connectivity index (χ1v) is 5.27. The van der Waals surface area contributed by atoms with E-state index < -0.39 is 0 Å². The summed E-state index contributed by atoms with van der Waals surface area (Å²) in [5.74, 6) is -0.108. The maximum atomic E-state index is 10.8. The maximum Gasteiger partial charge on any atom is 0.306 e. The lowest BCUT2D eigenvalue weighted by Crippen LogP contribution is -2.26. The Bertz CT molecular complexity index is 198. The zero-order valence-electron chi connectivity index (χ0n) is 8.24. The third-order valence-corrected chi connectivity index (χ3v) is 2.57. The van der Waals surface area contributed by atoms with Crippen LogP contribution in [0.1, 0.15) is 32.1 Å². The number of ether oxygens (including phenoxy) is 3. The van der Waals surface area contributed by atoms with Crippen LogP contribution in [0.5, 0.6) is 0 Å². The first kappa shape index (κ1) is 9.93. The van der Waals surface area contributed by atoms with Crippen molar-refractivity contribution in [3.05, 3.63) is 0 Å². The average Bonchev–Trinajstić information content (AvgIpc) is 2.63. The summed E-state index contributed by atoms with van der Waals surface area (Å²) < 4.78 is 16.0. The van der Waals surface area contributed by atoms with Crippen molar-refractivity contribution in [1.29, 1.82) is 0 Å². The first-order valence-electron chi connectivity index (χ1n) is 5.27. The Morgan fingerprint density at radius 1 is 1.36 bits per heavy atom. The molecule has 0 aromatic rings. The van der Waals surface area contributed by atoms with E-state index >= 15 is 0 Å². The van der Waals surface area contributed by atoms with Crippen LogP contribution in [0.25, 0.3) is 0 Å². The molecule has 4 nitrogen and oxygen atoms in total. The van der Waals surface area contributed by atoms with Crippen molar-refractivity contribution in [2.45, 2.75) is 44.5 Å². The van der Waals surface area contributed by atoms with Crippen LogP contribution < -0.4 is 0 Å². The molecule has 2 saturated heterocycles. The zero-order valence-corrected chi connectivity index (χ0v) is 8.24. The highest BCUT2D eigenvalue weighted by atomic mass is 16.7. The number of hydrogen-bond acceptors (Lipinski definition) is 4. The largest absolute Gasteiger partial charge is 0.460 e. The van der Waals surface area contributed by atoms with E-state index in [2.05, 4.69) is 0 Å². The quantitative estimate of drug-likeness (QED) is 0.643. The minimum Gasteiger partial charge on any atom is -0.460 e. The molecule has 0 spiro atoms. The predicted octanol–water partition coefficient (Wildman–Crippen LogP) is 1.24. The van der Waals surface area contributed by atoms with Gasteiger partial charge in [0.1, 0.15) is 6.10 Å². The molecular weight excluding hydrogens is 184 g/mol. The molecule has 0 aromatic heterocycles. The van der Waals surface area contributed by atoms with Crippen molar-refractivity contribution in [2.24, 2.45) is 0 Å². The smallest absolute Gasteiger partial charge is 0.306 e. The highest BCUT2D eigenvalue weighted by Crippen LogP contribution is 2.18. The van der Waals surface area contributed by atoms with Crippen LogP contribution >= 0.6 is 0 Å². The van der Waals surface area contributed by atoms with Crippen molar-refractivity contribution in [1.82, 2.24) is 0 Å². The molecule has 0 N–H and O–H groups in total.